The molecule has 0 unspecified atom stereocenters. The van der Waals surface area contributed by atoms with E-state index in [0.29, 0.717) is 5.92 Å². The van der Waals surface area contributed by atoms with Crippen molar-refractivity contribution in [2.45, 2.75) is 57.4 Å². The summed E-state index contributed by atoms with van der Waals surface area (Å²) in [5, 5.41) is 0. The highest BCUT2D eigenvalue weighted by molar-refractivity contribution is 6.03. The molecule has 1 saturated carbocycles. The Morgan fingerprint density at radius 2 is 1.67 bits per heavy atom. The second-order valence-corrected chi connectivity index (χ2v) is 5.82. The monoisotopic (exact) mass is 245 g/mol. The Balaban J connectivity index is 2.17. The summed E-state index contributed by atoms with van der Waals surface area (Å²) >= 11 is 0. The zero-order valence-electron chi connectivity index (χ0n) is 11.4. The molecular formula is C16H23NO. The largest absolute Gasteiger partial charge is 0.319 e. The van der Waals surface area contributed by atoms with Gasteiger partial charge in [-0.3, -0.25) is 4.79 Å². The maximum absolute atomic E-state index is 12.5. The van der Waals surface area contributed by atoms with Gasteiger partial charge in [0, 0.05) is 5.56 Å². The number of nitrogens with two attached hydrogens (primary N) is 1. The molecule has 0 radical (unpaired) electrons. The van der Waals surface area contributed by atoms with E-state index in [4.69, 9.17) is 5.73 Å². The zero-order chi connectivity index (χ0) is 13.2. The lowest BCUT2D eigenvalue weighted by molar-refractivity contribution is 0.0848. The highest BCUT2D eigenvalue weighted by atomic mass is 16.1. The lowest BCUT2D eigenvalue weighted by Crippen LogP contribution is -2.49. The molecule has 2 heteroatoms. The van der Waals surface area contributed by atoms with Crippen molar-refractivity contribution >= 4 is 5.78 Å². The van der Waals surface area contributed by atoms with Crippen LogP contribution in [-0.4, -0.2) is 11.3 Å². The number of hydrogen-bond acceptors (Lipinski definition) is 2. The lowest BCUT2D eigenvalue weighted by atomic mass is 9.77. The molecule has 2 nitrogen and oxygen atoms in total. The molecule has 18 heavy (non-hydrogen) atoms. The van der Waals surface area contributed by atoms with Crippen molar-refractivity contribution in [1.82, 2.24) is 0 Å². The Morgan fingerprint density at radius 1 is 1.11 bits per heavy atom. The normalized spacial score (nSPS) is 18.9. The van der Waals surface area contributed by atoms with Gasteiger partial charge in [-0.05, 0) is 24.3 Å². The van der Waals surface area contributed by atoms with E-state index in [1.165, 1.54) is 12.0 Å². The molecule has 1 aliphatic carbocycles. The van der Waals surface area contributed by atoms with E-state index in [0.717, 1.165) is 31.2 Å². The van der Waals surface area contributed by atoms with E-state index < -0.39 is 5.54 Å². The number of Topliss-reactive ketones (excluding diaryl/α,β-unsaturated/α-hetero) is 1. The van der Waals surface area contributed by atoms with Gasteiger partial charge in [0.25, 0.3) is 0 Å². The minimum absolute atomic E-state index is 0.123. The molecule has 0 aliphatic heterocycles. The van der Waals surface area contributed by atoms with Crippen LogP contribution in [0.4, 0.5) is 0 Å². The third-order valence-electron chi connectivity index (χ3n) is 4.04. The fraction of sp³-hybridized carbons (Fsp3) is 0.562. The van der Waals surface area contributed by atoms with E-state index >= 15 is 0 Å². The molecule has 1 aliphatic rings. The number of rotatable bonds is 3. The van der Waals surface area contributed by atoms with Crippen LogP contribution in [0.15, 0.2) is 24.3 Å². The second-order valence-electron chi connectivity index (χ2n) is 5.82. The first-order chi connectivity index (χ1) is 8.53. The third-order valence-corrected chi connectivity index (χ3v) is 4.04. The number of carbonyl (C=O) groups is 1. The van der Waals surface area contributed by atoms with Crippen molar-refractivity contribution in [3.05, 3.63) is 35.4 Å². The van der Waals surface area contributed by atoms with Crippen molar-refractivity contribution < 1.29 is 4.79 Å². The van der Waals surface area contributed by atoms with Crippen LogP contribution in [0.3, 0.4) is 0 Å². The summed E-state index contributed by atoms with van der Waals surface area (Å²) in [7, 11) is 0. The van der Waals surface area contributed by atoms with Crippen LogP contribution in [0.25, 0.3) is 0 Å². The van der Waals surface area contributed by atoms with Gasteiger partial charge >= 0.3 is 0 Å². The highest BCUT2D eigenvalue weighted by Crippen LogP contribution is 2.29. The van der Waals surface area contributed by atoms with Gasteiger partial charge in [0.05, 0.1) is 5.54 Å². The van der Waals surface area contributed by atoms with Crippen LogP contribution in [-0.2, 0) is 0 Å². The summed E-state index contributed by atoms with van der Waals surface area (Å²) in [6.45, 7) is 4.31. The van der Waals surface area contributed by atoms with Crippen LogP contribution in [0.2, 0.25) is 0 Å². The molecule has 0 atom stereocenters. The van der Waals surface area contributed by atoms with E-state index in [1.807, 2.05) is 24.3 Å². The van der Waals surface area contributed by atoms with Crippen LogP contribution in [0.5, 0.6) is 0 Å². The molecule has 2 N–H and O–H groups in total. The Bertz CT molecular complexity index is 413. The van der Waals surface area contributed by atoms with Crippen molar-refractivity contribution in [1.29, 1.82) is 0 Å². The molecule has 0 amide bonds. The van der Waals surface area contributed by atoms with Gasteiger partial charge in [-0.1, -0.05) is 57.4 Å². The number of benzene rings is 1. The maximum atomic E-state index is 12.5. The fourth-order valence-corrected chi connectivity index (χ4v) is 2.72. The van der Waals surface area contributed by atoms with Crippen LogP contribution >= 0.6 is 0 Å². The molecule has 0 saturated heterocycles. The van der Waals surface area contributed by atoms with Gasteiger partial charge in [-0.15, -0.1) is 0 Å². The minimum Gasteiger partial charge on any atom is -0.319 e. The van der Waals surface area contributed by atoms with Crippen molar-refractivity contribution in [2.75, 3.05) is 0 Å². The summed E-state index contributed by atoms with van der Waals surface area (Å²) in [4.78, 5) is 12.5. The lowest BCUT2D eigenvalue weighted by Gasteiger charge is -2.31. The molecule has 0 bridgehead atoms. The zero-order valence-corrected chi connectivity index (χ0v) is 11.4. The summed E-state index contributed by atoms with van der Waals surface area (Å²) < 4.78 is 0. The molecule has 1 aromatic rings. The van der Waals surface area contributed by atoms with Crippen LogP contribution < -0.4 is 5.73 Å². The minimum atomic E-state index is -0.613. The Hall–Kier alpha value is -1.15. The van der Waals surface area contributed by atoms with E-state index in [-0.39, 0.29) is 5.78 Å². The standard InChI is InChI=1S/C16H23NO/c1-12(2)13-6-8-14(9-7-13)15(18)16(17)10-4-3-5-11-16/h6-9,12H,3-5,10-11,17H2,1-2H3. The molecule has 98 valence electrons. The predicted octanol–water partition coefficient (Wildman–Crippen LogP) is 3.65. The Labute approximate surface area is 110 Å². The molecule has 1 aromatic carbocycles. The number of carbonyl (C=O) groups excluding carboxylic acids is 1. The molecule has 0 heterocycles. The molecule has 2 rings (SSSR count). The maximum Gasteiger partial charge on any atom is 0.182 e. The first-order valence-electron chi connectivity index (χ1n) is 6.96. The summed E-state index contributed by atoms with van der Waals surface area (Å²) in [6, 6.07) is 7.95. The van der Waals surface area contributed by atoms with Crippen LogP contribution in [0, 0.1) is 0 Å². The van der Waals surface area contributed by atoms with E-state index in [2.05, 4.69) is 13.8 Å². The average molecular weight is 245 g/mol. The predicted molar refractivity (Wildman–Crippen MR) is 74.9 cm³/mol. The topological polar surface area (TPSA) is 43.1 Å². The fourth-order valence-electron chi connectivity index (χ4n) is 2.72. The molecular weight excluding hydrogens is 222 g/mol. The highest BCUT2D eigenvalue weighted by Gasteiger charge is 2.35. The van der Waals surface area contributed by atoms with Gasteiger partial charge in [-0.2, -0.15) is 0 Å². The van der Waals surface area contributed by atoms with Gasteiger partial charge in [0.2, 0.25) is 0 Å². The van der Waals surface area contributed by atoms with Crippen molar-refractivity contribution in [3.63, 3.8) is 0 Å². The van der Waals surface area contributed by atoms with Crippen molar-refractivity contribution in [3.8, 4) is 0 Å². The average Bonchev–Trinajstić information content (AvgIpc) is 2.39. The Morgan fingerprint density at radius 3 is 2.17 bits per heavy atom. The number of ketones is 1. The first-order valence-corrected chi connectivity index (χ1v) is 6.96. The van der Waals surface area contributed by atoms with Gasteiger partial charge < -0.3 is 5.73 Å². The van der Waals surface area contributed by atoms with E-state index in [9.17, 15) is 4.79 Å². The smallest absolute Gasteiger partial charge is 0.182 e. The van der Waals surface area contributed by atoms with Gasteiger partial charge in [0.15, 0.2) is 5.78 Å². The quantitative estimate of drug-likeness (QED) is 0.826. The van der Waals surface area contributed by atoms with Crippen molar-refractivity contribution in [2.24, 2.45) is 5.73 Å². The molecule has 1 fully saturated rings. The van der Waals surface area contributed by atoms with Gasteiger partial charge in [-0.25, -0.2) is 0 Å². The molecule has 0 aromatic heterocycles. The number of hydrogen-bond donors (Lipinski definition) is 1. The SMILES string of the molecule is CC(C)c1ccc(C(=O)C2(N)CCCCC2)cc1. The van der Waals surface area contributed by atoms with E-state index in [1.54, 1.807) is 0 Å². The third kappa shape index (κ3) is 2.64. The molecule has 0 spiro atoms. The summed E-state index contributed by atoms with van der Waals surface area (Å²) in [6.07, 6.45) is 5.02. The second kappa shape index (κ2) is 5.23. The van der Waals surface area contributed by atoms with Crippen LogP contribution in [0.1, 0.15) is 67.8 Å². The Kier molecular flexibility index (Phi) is 3.86. The first kappa shape index (κ1) is 13.3. The summed E-state index contributed by atoms with van der Waals surface area (Å²) in [5.41, 5.74) is 7.70. The summed E-state index contributed by atoms with van der Waals surface area (Å²) in [5.74, 6) is 0.619. The van der Waals surface area contributed by atoms with Gasteiger partial charge in [0.1, 0.15) is 0 Å².